The number of benzene rings is 2. The molecule has 0 saturated heterocycles. The number of fused-ring (bicyclic) bond motifs is 1. The van der Waals surface area contributed by atoms with Gasteiger partial charge in [0.15, 0.2) is 0 Å². The van der Waals surface area contributed by atoms with Gasteiger partial charge in [0, 0.05) is 28.0 Å². The predicted octanol–water partition coefficient (Wildman–Crippen LogP) is 5.38. The number of aryl methyl sites for hydroxylation is 1. The first-order valence-electron chi connectivity index (χ1n) is 8.66. The Balaban J connectivity index is 1.75. The van der Waals surface area contributed by atoms with Crippen molar-refractivity contribution >= 4 is 51.2 Å². The topological polar surface area (TPSA) is 106 Å². The number of hydrogen-bond donors (Lipinski definition) is 2. The first-order chi connectivity index (χ1) is 14.0. The fraction of sp³-hybridized carbons (Fsp3) is 0.0500. The molecule has 0 unspecified atom stereocenters. The van der Waals surface area contributed by atoms with E-state index in [-0.39, 0.29) is 17.3 Å². The van der Waals surface area contributed by atoms with Gasteiger partial charge in [0.2, 0.25) is 11.6 Å². The molecule has 0 bridgehead atoms. The molecule has 0 saturated carbocycles. The highest BCUT2D eigenvalue weighted by Gasteiger charge is 2.24. The average molecular weight is 407 g/mol. The van der Waals surface area contributed by atoms with Crippen LogP contribution in [0.2, 0.25) is 5.02 Å². The van der Waals surface area contributed by atoms with Crippen LogP contribution in [0.4, 0.5) is 28.7 Å². The van der Waals surface area contributed by atoms with Crippen LogP contribution in [0.5, 0.6) is 0 Å². The van der Waals surface area contributed by atoms with Crippen LogP contribution in [0.25, 0.3) is 10.9 Å². The highest BCUT2D eigenvalue weighted by Crippen LogP contribution is 2.35. The lowest BCUT2D eigenvalue weighted by Gasteiger charge is -2.12. The van der Waals surface area contributed by atoms with Crippen molar-refractivity contribution in [3.63, 3.8) is 0 Å². The molecule has 4 aromatic rings. The Morgan fingerprint density at radius 1 is 1.00 bits per heavy atom. The molecule has 0 aliphatic carbocycles. The Morgan fingerprint density at radius 3 is 2.55 bits per heavy atom. The summed E-state index contributed by atoms with van der Waals surface area (Å²) < 4.78 is 0. The minimum atomic E-state index is -0.524. The number of hydrogen-bond acceptors (Lipinski definition) is 7. The van der Waals surface area contributed by atoms with E-state index in [0.29, 0.717) is 16.4 Å². The molecule has 4 rings (SSSR count). The van der Waals surface area contributed by atoms with Gasteiger partial charge < -0.3 is 10.6 Å². The zero-order chi connectivity index (χ0) is 20.4. The van der Waals surface area contributed by atoms with Crippen LogP contribution in [0, 0.1) is 17.0 Å². The second-order valence-electron chi connectivity index (χ2n) is 6.27. The zero-order valence-electron chi connectivity index (χ0n) is 15.3. The van der Waals surface area contributed by atoms with Gasteiger partial charge in [-0.15, -0.1) is 0 Å². The summed E-state index contributed by atoms with van der Waals surface area (Å²) in [4.78, 5) is 23.7. The molecule has 29 heavy (non-hydrogen) atoms. The molecule has 2 heterocycles. The normalized spacial score (nSPS) is 10.7. The number of nitrogens with one attached hydrogen (secondary N) is 2. The molecule has 2 N–H and O–H groups in total. The smallest absolute Gasteiger partial charge is 0.334 e. The first-order valence-corrected chi connectivity index (χ1v) is 9.04. The molecular weight excluding hydrogens is 392 g/mol. The number of halogens is 1. The van der Waals surface area contributed by atoms with E-state index in [2.05, 4.69) is 25.6 Å². The molecular formula is C20H15ClN6O2. The Bertz CT molecular complexity index is 1230. The monoisotopic (exact) mass is 406 g/mol. The third kappa shape index (κ3) is 3.78. The number of rotatable bonds is 5. The van der Waals surface area contributed by atoms with E-state index < -0.39 is 4.92 Å². The molecule has 0 amide bonds. The maximum absolute atomic E-state index is 11.8. The largest absolute Gasteiger partial charge is 0.353 e. The number of pyridine rings is 1. The van der Waals surface area contributed by atoms with E-state index in [1.165, 1.54) is 6.33 Å². The molecule has 2 aromatic heterocycles. The molecule has 8 nitrogen and oxygen atoms in total. The van der Waals surface area contributed by atoms with Gasteiger partial charge in [0.25, 0.3) is 0 Å². The quantitative estimate of drug-likeness (QED) is 0.338. The summed E-state index contributed by atoms with van der Waals surface area (Å²) in [5.74, 6) is 0.132. The molecule has 0 fully saturated rings. The van der Waals surface area contributed by atoms with Gasteiger partial charge in [0.1, 0.15) is 6.33 Å². The van der Waals surface area contributed by atoms with E-state index in [1.54, 1.807) is 24.4 Å². The molecule has 0 aliphatic rings. The van der Waals surface area contributed by atoms with Gasteiger partial charge >= 0.3 is 5.69 Å². The number of aromatic nitrogens is 3. The van der Waals surface area contributed by atoms with Crippen molar-refractivity contribution in [3.8, 4) is 0 Å². The van der Waals surface area contributed by atoms with Crippen LogP contribution >= 0.6 is 11.6 Å². The minimum absolute atomic E-state index is 0.0609. The molecule has 0 atom stereocenters. The summed E-state index contributed by atoms with van der Waals surface area (Å²) in [6, 6.07) is 14.5. The summed E-state index contributed by atoms with van der Waals surface area (Å²) in [6.45, 7) is 1.88. The van der Waals surface area contributed by atoms with E-state index in [4.69, 9.17) is 11.6 Å². The first kappa shape index (κ1) is 18.6. The fourth-order valence-corrected chi connectivity index (χ4v) is 3.06. The van der Waals surface area contributed by atoms with Gasteiger partial charge in [-0.05, 0) is 48.9 Å². The molecule has 144 valence electrons. The van der Waals surface area contributed by atoms with E-state index >= 15 is 0 Å². The average Bonchev–Trinajstić information content (AvgIpc) is 2.71. The summed E-state index contributed by atoms with van der Waals surface area (Å²) in [7, 11) is 0. The van der Waals surface area contributed by atoms with Gasteiger partial charge in [-0.25, -0.2) is 9.97 Å². The standard InChI is InChI=1S/C20H15ClN6O2/c1-12-7-8-13(10-15(12)21)25-19-18(27(28)29)20(24-11-23-19)26-17-6-2-5-16-14(17)4-3-9-22-16/h2-11H,1H3,(H2,23,24,25,26). The van der Waals surface area contributed by atoms with E-state index in [1.807, 2.05) is 37.3 Å². The van der Waals surface area contributed by atoms with E-state index in [9.17, 15) is 10.1 Å². The highest BCUT2D eigenvalue weighted by molar-refractivity contribution is 6.31. The molecule has 2 aromatic carbocycles. The van der Waals surface area contributed by atoms with Crippen molar-refractivity contribution in [1.29, 1.82) is 0 Å². The third-order valence-corrected chi connectivity index (χ3v) is 4.75. The van der Waals surface area contributed by atoms with Crippen molar-refractivity contribution < 1.29 is 4.92 Å². The maximum atomic E-state index is 11.8. The number of anilines is 4. The molecule has 0 spiro atoms. The van der Waals surface area contributed by atoms with Crippen molar-refractivity contribution in [3.05, 3.63) is 81.8 Å². The van der Waals surface area contributed by atoms with Crippen LogP contribution in [0.1, 0.15) is 5.56 Å². The second-order valence-corrected chi connectivity index (χ2v) is 6.67. The summed E-state index contributed by atoms with van der Waals surface area (Å²) >= 11 is 6.15. The van der Waals surface area contributed by atoms with Crippen molar-refractivity contribution in [2.75, 3.05) is 10.6 Å². The maximum Gasteiger partial charge on any atom is 0.353 e. The lowest BCUT2D eigenvalue weighted by Crippen LogP contribution is -2.05. The Morgan fingerprint density at radius 2 is 1.79 bits per heavy atom. The van der Waals surface area contributed by atoms with Crippen LogP contribution in [0.15, 0.2) is 61.1 Å². The summed E-state index contributed by atoms with van der Waals surface area (Å²) in [5, 5.41) is 19.2. The summed E-state index contributed by atoms with van der Waals surface area (Å²) in [5.41, 5.74) is 2.64. The van der Waals surface area contributed by atoms with Gasteiger partial charge in [0.05, 0.1) is 10.4 Å². The van der Waals surface area contributed by atoms with Gasteiger partial charge in [-0.1, -0.05) is 23.7 Å². The number of nitro groups is 1. The van der Waals surface area contributed by atoms with Crippen molar-refractivity contribution in [1.82, 2.24) is 15.0 Å². The zero-order valence-corrected chi connectivity index (χ0v) is 16.0. The minimum Gasteiger partial charge on any atom is -0.334 e. The van der Waals surface area contributed by atoms with Crippen LogP contribution in [-0.4, -0.2) is 19.9 Å². The third-order valence-electron chi connectivity index (χ3n) is 4.34. The Hall–Kier alpha value is -3.78. The molecule has 9 heteroatoms. The predicted molar refractivity (Wildman–Crippen MR) is 113 cm³/mol. The van der Waals surface area contributed by atoms with Crippen LogP contribution in [-0.2, 0) is 0 Å². The van der Waals surface area contributed by atoms with Crippen molar-refractivity contribution in [2.24, 2.45) is 0 Å². The molecule has 0 radical (unpaired) electrons. The lowest BCUT2D eigenvalue weighted by molar-refractivity contribution is -0.383. The molecule has 0 aliphatic heterocycles. The van der Waals surface area contributed by atoms with Crippen molar-refractivity contribution in [2.45, 2.75) is 6.92 Å². The van der Waals surface area contributed by atoms with Crippen LogP contribution in [0.3, 0.4) is 0 Å². The Labute approximate surface area is 170 Å². The fourth-order valence-electron chi connectivity index (χ4n) is 2.88. The van der Waals surface area contributed by atoms with Crippen LogP contribution < -0.4 is 10.6 Å². The second kappa shape index (κ2) is 7.69. The van der Waals surface area contributed by atoms with Gasteiger partial charge in [-0.3, -0.25) is 15.1 Å². The summed E-state index contributed by atoms with van der Waals surface area (Å²) in [6.07, 6.45) is 2.95. The number of nitrogens with zero attached hydrogens (tertiary/aromatic N) is 4. The van der Waals surface area contributed by atoms with E-state index in [0.717, 1.165) is 16.5 Å². The van der Waals surface area contributed by atoms with Gasteiger partial charge in [-0.2, -0.15) is 0 Å². The highest BCUT2D eigenvalue weighted by atomic mass is 35.5. The SMILES string of the molecule is Cc1ccc(Nc2ncnc(Nc3cccc4ncccc34)c2[N+](=O)[O-])cc1Cl. The lowest BCUT2D eigenvalue weighted by atomic mass is 10.2. The Kier molecular flexibility index (Phi) is 4.92.